The number of hydrogen-bond acceptors (Lipinski definition) is 6. The number of nitrogens with one attached hydrogen (secondary N) is 1. The van der Waals surface area contributed by atoms with Crippen LogP contribution in [0.4, 0.5) is 5.69 Å². The van der Waals surface area contributed by atoms with E-state index < -0.39 is 0 Å². The first-order valence-electron chi connectivity index (χ1n) is 8.96. The van der Waals surface area contributed by atoms with Crippen molar-refractivity contribution >= 4 is 44.9 Å². The molecule has 1 aromatic carbocycles. The summed E-state index contributed by atoms with van der Waals surface area (Å²) in [5.41, 5.74) is 2.73. The van der Waals surface area contributed by atoms with Gasteiger partial charge in [0.05, 0.1) is 23.6 Å². The predicted octanol–water partition coefficient (Wildman–Crippen LogP) is 3.28. The number of rotatable bonds is 5. The number of aryl methyl sites for hydroxylation is 2. The summed E-state index contributed by atoms with van der Waals surface area (Å²) in [4.78, 5) is 31.8. The first-order valence-corrected chi connectivity index (χ1v) is 10.8. The Morgan fingerprint density at radius 2 is 2.14 bits per heavy atom. The fourth-order valence-electron chi connectivity index (χ4n) is 3.36. The fourth-order valence-corrected chi connectivity index (χ4v) is 5.43. The second-order valence-corrected chi connectivity index (χ2v) is 8.69. The maximum absolute atomic E-state index is 12.8. The molecular formula is C20H18N4O2S2. The van der Waals surface area contributed by atoms with Crippen LogP contribution in [0.15, 0.2) is 34.2 Å². The number of benzene rings is 1. The molecule has 2 heterocycles. The van der Waals surface area contributed by atoms with Crippen LogP contribution >= 0.6 is 23.1 Å². The number of thioether (sulfide) groups is 1. The fraction of sp³-hybridized carbons (Fsp3) is 0.300. The van der Waals surface area contributed by atoms with Crippen LogP contribution in [0.3, 0.4) is 0 Å². The van der Waals surface area contributed by atoms with Crippen LogP contribution in [-0.2, 0) is 31.1 Å². The molecule has 6 nitrogen and oxygen atoms in total. The second kappa shape index (κ2) is 7.78. The molecule has 4 rings (SSSR count). The lowest BCUT2D eigenvalue weighted by Crippen LogP contribution is -2.21. The Bertz CT molecular complexity index is 1160. The van der Waals surface area contributed by atoms with Crippen molar-refractivity contribution in [2.45, 2.75) is 30.8 Å². The van der Waals surface area contributed by atoms with Gasteiger partial charge in [0.25, 0.3) is 5.56 Å². The molecule has 2 aromatic heterocycles. The third-order valence-corrected chi connectivity index (χ3v) is 6.97. The van der Waals surface area contributed by atoms with Gasteiger partial charge < -0.3 is 5.32 Å². The summed E-state index contributed by atoms with van der Waals surface area (Å²) in [6.45, 7) is 0. The lowest BCUT2D eigenvalue weighted by molar-refractivity contribution is -0.113. The normalized spacial score (nSPS) is 12.7. The second-order valence-electron chi connectivity index (χ2n) is 6.66. The van der Waals surface area contributed by atoms with E-state index in [2.05, 4.69) is 16.4 Å². The van der Waals surface area contributed by atoms with Gasteiger partial charge in [-0.15, -0.1) is 11.3 Å². The van der Waals surface area contributed by atoms with Crippen molar-refractivity contribution in [1.82, 2.24) is 9.55 Å². The maximum atomic E-state index is 12.8. The van der Waals surface area contributed by atoms with Gasteiger partial charge in [0.15, 0.2) is 5.16 Å². The Kier molecular flexibility index (Phi) is 5.20. The van der Waals surface area contributed by atoms with Crippen molar-refractivity contribution in [3.05, 3.63) is 50.6 Å². The molecule has 1 N–H and O–H groups in total. The molecular weight excluding hydrogens is 392 g/mol. The number of thiophene rings is 1. The number of carbonyl (C=O) groups excluding carboxylic acids is 1. The third kappa shape index (κ3) is 3.55. The van der Waals surface area contributed by atoms with Crippen LogP contribution in [0, 0.1) is 11.3 Å². The zero-order valence-electron chi connectivity index (χ0n) is 15.3. The standard InChI is InChI=1S/C20H18N4O2S2/c1-24-19(26)17-14-3-2-4-15(14)28-18(17)23-20(24)27-11-16(25)22-13-7-5-12(6-8-13)9-10-21/h5-8H,2-4,9,11H2,1H3,(H,22,25). The molecule has 0 bridgehead atoms. The van der Waals surface area contributed by atoms with Crippen molar-refractivity contribution in [3.63, 3.8) is 0 Å². The molecule has 8 heteroatoms. The summed E-state index contributed by atoms with van der Waals surface area (Å²) in [6.07, 6.45) is 3.43. The van der Waals surface area contributed by atoms with Gasteiger partial charge in [-0.3, -0.25) is 14.2 Å². The monoisotopic (exact) mass is 410 g/mol. The van der Waals surface area contributed by atoms with E-state index in [0.717, 1.165) is 35.0 Å². The summed E-state index contributed by atoms with van der Waals surface area (Å²) in [5, 5.41) is 12.8. The summed E-state index contributed by atoms with van der Waals surface area (Å²) >= 11 is 2.86. The van der Waals surface area contributed by atoms with Crippen molar-refractivity contribution in [2.24, 2.45) is 7.05 Å². The van der Waals surface area contributed by atoms with Crippen LogP contribution in [0.25, 0.3) is 10.2 Å². The summed E-state index contributed by atoms with van der Waals surface area (Å²) in [5.74, 6) is -0.00218. The molecule has 0 saturated heterocycles. The molecule has 0 fully saturated rings. The number of nitrogens with zero attached hydrogens (tertiary/aromatic N) is 3. The van der Waals surface area contributed by atoms with E-state index in [1.807, 2.05) is 12.1 Å². The molecule has 0 saturated carbocycles. The largest absolute Gasteiger partial charge is 0.325 e. The SMILES string of the molecule is Cn1c(SCC(=O)Nc2ccc(CC#N)cc2)nc2sc3c(c2c1=O)CCC3. The number of fused-ring (bicyclic) bond motifs is 3. The summed E-state index contributed by atoms with van der Waals surface area (Å²) < 4.78 is 1.54. The molecule has 3 aromatic rings. The predicted molar refractivity (Wildman–Crippen MR) is 112 cm³/mol. The van der Waals surface area contributed by atoms with Gasteiger partial charge in [-0.1, -0.05) is 23.9 Å². The van der Waals surface area contributed by atoms with Gasteiger partial charge in [-0.05, 0) is 42.5 Å². The Balaban J connectivity index is 1.46. The average molecular weight is 411 g/mol. The minimum atomic E-state index is -0.166. The van der Waals surface area contributed by atoms with Gasteiger partial charge in [0.1, 0.15) is 4.83 Å². The minimum absolute atomic E-state index is 0.0274. The summed E-state index contributed by atoms with van der Waals surface area (Å²) in [6, 6.07) is 9.29. The molecule has 142 valence electrons. The highest BCUT2D eigenvalue weighted by Gasteiger charge is 2.22. The topological polar surface area (TPSA) is 87.8 Å². The van der Waals surface area contributed by atoms with Gasteiger partial charge in [-0.25, -0.2) is 4.98 Å². The maximum Gasteiger partial charge on any atom is 0.262 e. The van der Waals surface area contributed by atoms with Crippen LogP contribution in [0.2, 0.25) is 0 Å². The molecule has 0 spiro atoms. The molecule has 1 amide bonds. The molecule has 1 aliphatic carbocycles. The number of hydrogen-bond donors (Lipinski definition) is 1. The van der Waals surface area contributed by atoms with Gasteiger partial charge in [-0.2, -0.15) is 5.26 Å². The van der Waals surface area contributed by atoms with E-state index in [-0.39, 0.29) is 17.2 Å². The zero-order valence-corrected chi connectivity index (χ0v) is 17.0. The molecule has 1 aliphatic rings. The minimum Gasteiger partial charge on any atom is -0.325 e. The van der Waals surface area contributed by atoms with Crippen molar-refractivity contribution < 1.29 is 4.79 Å². The Labute approximate surface area is 170 Å². The average Bonchev–Trinajstić information content (AvgIpc) is 3.26. The first kappa shape index (κ1) is 18.7. The van der Waals surface area contributed by atoms with Gasteiger partial charge in [0.2, 0.25) is 5.91 Å². The van der Waals surface area contributed by atoms with Crippen molar-refractivity contribution in [1.29, 1.82) is 5.26 Å². The lowest BCUT2D eigenvalue weighted by Gasteiger charge is -2.08. The molecule has 0 atom stereocenters. The van der Waals surface area contributed by atoms with Gasteiger partial charge in [0, 0.05) is 17.6 Å². The highest BCUT2D eigenvalue weighted by Crippen LogP contribution is 2.35. The van der Waals surface area contributed by atoms with Crippen molar-refractivity contribution in [2.75, 3.05) is 11.1 Å². The highest BCUT2D eigenvalue weighted by atomic mass is 32.2. The first-order chi connectivity index (χ1) is 13.6. The lowest BCUT2D eigenvalue weighted by atomic mass is 10.1. The summed E-state index contributed by atoms with van der Waals surface area (Å²) in [7, 11) is 1.71. The quantitative estimate of drug-likeness (QED) is 0.515. The third-order valence-electron chi connectivity index (χ3n) is 4.76. The zero-order chi connectivity index (χ0) is 19.7. The van der Waals surface area contributed by atoms with E-state index in [4.69, 9.17) is 5.26 Å². The van der Waals surface area contributed by atoms with Crippen molar-refractivity contribution in [3.8, 4) is 6.07 Å². The number of anilines is 1. The Hall–Kier alpha value is -2.63. The number of nitriles is 1. The van der Waals surface area contributed by atoms with E-state index in [1.54, 1.807) is 35.1 Å². The van der Waals surface area contributed by atoms with Gasteiger partial charge >= 0.3 is 0 Å². The van der Waals surface area contributed by atoms with Crippen LogP contribution in [0.1, 0.15) is 22.4 Å². The Morgan fingerprint density at radius 3 is 2.89 bits per heavy atom. The number of aromatic nitrogens is 2. The smallest absolute Gasteiger partial charge is 0.262 e. The molecule has 0 radical (unpaired) electrons. The Morgan fingerprint density at radius 1 is 1.36 bits per heavy atom. The molecule has 0 aliphatic heterocycles. The molecule has 0 unspecified atom stereocenters. The van der Waals surface area contributed by atoms with E-state index in [9.17, 15) is 9.59 Å². The molecule has 28 heavy (non-hydrogen) atoms. The van der Waals surface area contributed by atoms with E-state index >= 15 is 0 Å². The van der Waals surface area contributed by atoms with Crippen LogP contribution in [-0.4, -0.2) is 21.2 Å². The van der Waals surface area contributed by atoms with Crippen LogP contribution in [0.5, 0.6) is 0 Å². The van der Waals surface area contributed by atoms with E-state index in [0.29, 0.717) is 17.3 Å². The number of carbonyl (C=O) groups is 1. The number of amides is 1. The highest BCUT2D eigenvalue weighted by molar-refractivity contribution is 7.99. The van der Waals surface area contributed by atoms with Crippen LogP contribution < -0.4 is 10.9 Å². The van der Waals surface area contributed by atoms with E-state index in [1.165, 1.54) is 22.2 Å².